The number of hydrogen-bond donors (Lipinski definition) is 0. The van der Waals surface area contributed by atoms with Crippen LogP contribution in [-0.4, -0.2) is 35.4 Å². The molecule has 4 fully saturated rings. The van der Waals surface area contributed by atoms with Gasteiger partial charge in [0, 0.05) is 11.3 Å². The highest BCUT2D eigenvalue weighted by Gasteiger charge is 2.63. The molecule has 0 radical (unpaired) electrons. The zero-order chi connectivity index (χ0) is 19.0. The van der Waals surface area contributed by atoms with E-state index in [0.29, 0.717) is 43.8 Å². The summed E-state index contributed by atoms with van der Waals surface area (Å²) < 4.78 is 18.0. The second-order valence-electron chi connectivity index (χ2n) is 8.43. The molecule has 4 aliphatic rings. The Morgan fingerprint density at radius 2 is 2.00 bits per heavy atom. The van der Waals surface area contributed by atoms with Crippen LogP contribution in [0, 0.1) is 16.7 Å². The third-order valence-corrected chi connectivity index (χ3v) is 5.91. The van der Waals surface area contributed by atoms with Crippen molar-refractivity contribution in [3.05, 3.63) is 53.5 Å². The lowest BCUT2D eigenvalue weighted by Crippen LogP contribution is -2.50. The second kappa shape index (κ2) is 6.84. The number of nitriles is 1. The third-order valence-electron chi connectivity index (χ3n) is 5.91. The molecule has 2 saturated heterocycles. The molecule has 6 nitrogen and oxygen atoms in total. The first-order chi connectivity index (χ1) is 13.7. The Balaban J connectivity index is 1.15. The summed E-state index contributed by atoms with van der Waals surface area (Å²) in [5.74, 6) is 1.60. The first-order valence-electron chi connectivity index (χ1n) is 9.85. The van der Waals surface area contributed by atoms with Crippen LogP contribution >= 0.6 is 0 Å². The summed E-state index contributed by atoms with van der Waals surface area (Å²) in [6, 6.07) is 12.3. The van der Waals surface area contributed by atoms with Crippen molar-refractivity contribution < 1.29 is 14.2 Å². The molecular formula is C22H23N3O3. The molecule has 6 rings (SSSR count). The van der Waals surface area contributed by atoms with E-state index < -0.39 is 0 Å². The van der Waals surface area contributed by atoms with E-state index in [9.17, 15) is 5.26 Å². The van der Waals surface area contributed by atoms with Crippen LogP contribution in [0.25, 0.3) is 0 Å². The molecule has 2 aliphatic carbocycles. The lowest BCUT2D eigenvalue weighted by Gasteiger charge is -2.43. The van der Waals surface area contributed by atoms with Gasteiger partial charge in [0.1, 0.15) is 29.7 Å². The van der Waals surface area contributed by atoms with Gasteiger partial charge in [0.05, 0.1) is 26.0 Å². The van der Waals surface area contributed by atoms with Gasteiger partial charge in [-0.2, -0.15) is 10.2 Å². The van der Waals surface area contributed by atoms with Crippen LogP contribution in [0.2, 0.25) is 0 Å². The average Bonchev–Trinajstić information content (AvgIpc) is 3.42. The maximum atomic E-state index is 9.30. The first kappa shape index (κ1) is 17.6. The van der Waals surface area contributed by atoms with Crippen LogP contribution in [0.5, 0.6) is 5.88 Å². The van der Waals surface area contributed by atoms with Crippen LogP contribution < -0.4 is 4.74 Å². The Bertz CT molecular complexity index is 899. The summed E-state index contributed by atoms with van der Waals surface area (Å²) in [6.45, 7) is 2.45. The Kier molecular flexibility index (Phi) is 4.30. The summed E-state index contributed by atoms with van der Waals surface area (Å²) in [6.07, 6.45) is 5.66. The van der Waals surface area contributed by atoms with Gasteiger partial charge >= 0.3 is 0 Å². The van der Waals surface area contributed by atoms with Gasteiger partial charge in [-0.3, -0.25) is 0 Å². The standard InChI is InChI=1S/C22H23N3O3/c23-8-18-9-24-19(17-6-7-17)25-20(18)27-15-22-11-21(12-22,14-28-22)13-26-10-16-4-2-1-3-5-16/h1-5,9,17H,6-7,10-15H2. The van der Waals surface area contributed by atoms with Crippen molar-refractivity contribution in [1.82, 2.24) is 9.97 Å². The number of benzene rings is 1. The normalized spacial score (nSPS) is 27.8. The van der Waals surface area contributed by atoms with Crippen molar-refractivity contribution in [2.75, 3.05) is 19.8 Å². The number of rotatable bonds is 8. The van der Waals surface area contributed by atoms with Gasteiger partial charge in [0.15, 0.2) is 0 Å². The fourth-order valence-electron chi connectivity index (χ4n) is 4.38. The molecular weight excluding hydrogens is 354 g/mol. The zero-order valence-electron chi connectivity index (χ0n) is 15.8. The first-order valence-corrected chi connectivity index (χ1v) is 9.85. The minimum atomic E-state index is -0.270. The van der Waals surface area contributed by atoms with Gasteiger partial charge < -0.3 is 14.2 Å². The zero-order valence-corrected chi connectivity index (χ0v) is 15.8. The molecule has 3 heterocycles. The molecule has 1 aromatic heterocycles. The highest BCUT2D eigenvalue weighted by molar-refractivity contribution is 5.36. The monoisotopic (exact) mass is 377 g/mol. The molecule has 2 aliphatic heterocycles. The molecule has 0 atom stereocenters. The molecule has 0 unspecified atom stereocenters. The van der Waals surface area contributed by atoms with E-state index in [1.807, 2.05) is 18.2 Å². The van der Waals surface area contributed by atoms with E-state index in [-0.39, 0.29) is 11.0 Å². The molecule has 0 spiro atoms. The average molecular weight is 377 g/mol. The third kappa shape index (κ3) is 3.36. The Hall–Kier alpha value is -2.49. The maximum Gasteiger partial charge on any atom is 0.235 e. The fourth-order valence-corrected chi connectivity index (χ4v) is 4.38. The second-order valence-corrected chi connectivity index (χ2v) is 8.43. The molecule has 1 aromatic carbocycles. The number of aromatic nitrogens is 2. The fraction of sp³-hybridized carbons (Fsp3) is 0.500. The molecule has 2 aromatic rings. The summed E-state index contributed by atoms with van der Waals surface area (Å²) in [5, 5.41) is 9.30. The van der Waals surface area contributed by atoms with Gasteiger partial charge in [-0.25, -0.2) is 4.98 Å². The predicted molar refractivity (Wildman–Crippen MR) is 101 cm³/mol. The van der Waals surface area contributed by atoms with Crippen LogP contribution in [0.4, 0.5) is 0 Å². The summed E-state index contributed by atoms with van der Waals surface area (Å²) in [7, 11) is 0. The Morgan fingerprint density at radius 1 is 1.18 bits per heavy atom. The minimum absolute atomic E-state index is 0.0983. The van der Waals surface area contributed by atoms with E-state index in [1.165, 1.54) is 5.56 Å². The van der Waals surface area contributed by atoms with Crippen LogP contribution in [-0.2, 0) is 16.1 Å². The number of fused-ring (bicyclic) bond motifs is 1. The van der Waals surface area contributed by atoms with Crippen molar-refractivity contribution in [1.29, 1.82) is 5.26 Å². The van der Waals surface area contributed by atoms with Crippen LogP contribution in [0.15, 0.2) is 36.5 Å². The van der Waals surface area contributed by atoms with Crippen LogP contribution in [0.1, 0.15) is 48.6 Å². The van der Waals surface area contributed by atoms with E-state index in [0.717, 1.165) is 31.5 Å². The van der Waals surface area contributed by atoms with Gasteiger partial charge in [-0.05, 0) is 31.2 Å². The number of nitrogens with zero attached hydrogens (tertiary/aromatic N) is 3. The number of ether oxygens (including phenoxy) is 3. The minimum Gasteiger partial charge on any atom is -0.474 e. The van der Waals surface area contributed by atoms with E-state index in [2.05, 4.69) is 28.2 Å². The Labute approximate surface area is 164 Å². The molecule has 144 valence electrons. The van der Waals surface area contributed by atoms with Crippen molar-refractivity contribution in [2.45, 2.75) is 43.8 Å². The lowest BCUT2D eigenvalue weighted by atomic mass is 9.63. The van der Waals surface area contributed by atoms with Crippen molar-refractivity contribution in [3.8, 4) is 11.9 Å². The van der Waals surface area contributed by atoms with Crippen molar-refractivity contribution in [2.24, 2.45) is 5.41 Å². The van der Waals surface area contributed by atoms with Crippen molar-refractivity contribution >= 4 is 0 Å². The predicted octanol–water partition coefficient (Wildman–Crippen LogP) is 3.37. The van der Waals surface area contributed by atoms with E-state index in [1.54, 1.807) is 6.20 Å². The van der Waals surface area contributed by atoms with Gasteiger partial charge in [0.25, 0.3) is 0 Å². The summed E-state index contributed by atoms with van der Waals surface area (Å²) in [5.41, 5.74) is 1.40. The van der Waals surface area contributed by atoms with Gasteiger partial charge in [-0.1, -0.05) is 30.3 Å². The largest absolute Gasteiger partial charge is 0.474 e. The molecule has 0 amide bonds. The maximum absolute atomic E-state index is 9.30. The summed E-state index contributed by atoms with van der Waals surface area (Å²) >= 11 is 0. The van der Waals surface area contributed by atoms with Crippen molar-refractivity contribution in [3.63, 3.8) is 0 Å². The topological polar surface area (TPSA) is 77.3 Å². The quantitative estimate of drug-likeness (QED) is 0.702. The molecule has 0 N–H and O–H groups in total. The molecule has 6 heteroatoms. The molecule has 2 saturated carbocycles. The SMILES string of the molecule is N#Cc1cnc(C2CC2)nc1OCC12CC(COCc3ccccc3)(CO1)C2. The molecule has 2 bridgehead atoms. The Morgan fingerprint density at radius 3 is 2.75 bits per heavy atom. The van der Waals surface area contributed by atoms with Gasteiger partial charge in [-0.15, -0.1) is 0 Å². The van der Waals surface area contributed by atoms with Crippen LogP contribution in [0.3, 0.4) is 0 Å². The highest BCUT2D eigenvalue weighted by atomic mass is 16.6. The number of hydrogen-bond acceptors (Lipinski definition) is 6. The van der Waals surface area contributed by atoms with E-state index in [4.69, 9.17) is 14.2 Å². The smallest absolute Gasteiger partial charge is 0.235 e. The lowest BCUT2D eigenvalue weighted by molar-refractivity contribution is -0.0708. The van der Waals surface area contributed by atoms with E-state index >= 15 is 0 Å². The highest BCUT2D eigenvalue weighted by Crippen LogP contribution is 2.58. The van der Waals surface area contributed by atoms with Gasteiger partial charge in [0.2, 0.25) is 5.88 Å². The summed E-state index contributed by atoms with van der Waals surface area (Å²) in [4.78, 5) is 8.77. The molecule has 28 heavy (non-hydrogen) atoms.